The number of halogens is 1. The van der Waals surface area contributed by atoms with E-state index in [1.54, 1.807) is 0 Å². The number of imidazole rings is 1. The summed E-state index contributed by atoms with van der Waals surface area (Å²) in [5.41, 5.74) is 5.89. The Morgan fingerprint density at radius 2 is 2.05 bits per heavy atom. The first-order valence-corrected chi connectivity index (χ1v) is 7.14. The van der Waals surface area contributed by atoms with Crippen molar-refractivity contribution in [2.75, 3.05) is 0 Å². The highest BCUT2D eigenvalue weighted by Crippen LogP contribution is 2.33. The molecule has 4 rings (SSSR count). The molecule has 20 heavy (non-hydrogen) atoms. The van der Waals surface area contributed by atoms with E-state index in [9.17, 15) is 0 Å². The van der Waals surface area contributed by atoms with Gasteiger partial charge in [0.05, 0.1) is 11.2 Å². The van der Waals surface area contributed by atoms with Gasteiger partial charge in [-0.2, -0.15) is 0 Å². The monoisotopic (exact) mass is 280 g/mol. The molecule has 0 N–H and O–H groups in total. The van der Waals surface area contributed by atoms with Crippen molar-refractivity contribution in [2.45, 2.75) is 12.8 Å². The molecule has 2 nitrogen and oxygen atoms in total. The molecule has 0 saturated heterocycles. The minimum absolute atomic E-state index is 0.513. The van der Waals surface area contributed by atoms with E-state index < -0.39 is 0 Å². The molecule has 2 aromatic heterocycles. The summed E-state index contributed by atoms with van der Waals surface area (Å²) in [6.07, 6.45) is 8.52. The SMILES string of the molecule is Clc1nc(-c2cccc3c2CCC=C3)c2ccccn12. The van der Waals surface area contributed by atoms with Crippen LogP contribution in [0.3, 0.4) is 0 Å². The topological polar surface area (TPSA) is 17.3 Å². The van der Waals surface area contributed by atoms with Gasteiger partial charge in [0.25, 0.3) is 0 Å². The lowest BCUT2D eigenvalue weighted by Crippen LogP contribution is -1.97. The Bertz CT molecular complexity index is 830. The molecule has 98 valence electrons. The Labute approximate surface area is 122 Å². The lowest BCUT2D eigenvalue weighted by Gasteiger charge is -2.14. The zero-order valence-corrected chi connectivity index (χ0v) is 11.6. The van der Waals surface area contributed by atoms with Crippen LogP contribution in [-0.4, -0.2) is 9.38 Å². The van der Waals surface area contributed by atoms with E-state index in [0.29, 0.717) is 5.28 Å². The number of pyridine rings is 1. The van der Waals surface area contributed by atoms with E-state index >= 15 is 0 Å². The fourth-order valence-corrected chi connectivity index (χ4v) is 3.13. The summed E-state index contributed by atoms with van der Waals surface area (Å²) in [5.74, 6) is 0. The summed E-state index contributed by atoms with van der Waals surface area (Å²) in [4.78, 5) is 4.57. The smallest absolute Gasteiger partial charge is 0.207 e. The molecule has 0 unspecified atom stereocenters. The summed E-state index contributed by atoms with van der Waals surface area (Å²) in [6, 6.07) is 12.4. The Kier molecular flexibility index (Phi) is 2.64. The van der Waals surface area contributed by atoms with Crippen LogP contribution in [0, 0.1) is 0 Å². The molecule has 0 fully saturated rings. The molecule has 1 aliphatic carbocycles. The second kappa shape index (κ2) is 4.50. The van der Waals surface area contributed by atoms with Gasteiger partial charge in [0.15, 0.2) is 0 Å². The Morgan fingerprint density at radius 1 is 1.10 bits per heavy atom. The Hall–Kier alpha value is -2.06. The summed E-state index contributed by atoms with van der Waals surface area (Å²) < 4.78 is 1.93. The number of aromatic nitrogens is 2. The maximum Gasteiger partial charge on any atom is 0.207 e. The summed E-state index contributed by atoms with van der Waals surface area (Å²) in [5, 5.41) is 0.513. The highest BCUT2D eigenvalue weighted by molar-refractivity contribution is 6.29. The van der Waals surface area contributed by atoms with Crippen LogP contribution >= 0.6 is 11.6 Å². The van der Waals surface area contributed by atoms with Gasteiger partial charge in [0, 0.05) is 11.8 Å². The Morgan fingerprint density at radius 3 is 3.00 bits per heavy atom. The van der Waals surface area contributed by atoms with Crippen molar-refractivity contribution in [3.05, 3.63) is 65.1 Å². The van der Waals surface area contributed by atoms with Crippen LogP contribution in [0.2, 0.25) is 5.28 Å². The van der Waals surface area contributed by atoms with Gasteiger partial charge in [0.1, 0.15) is 0 Å². The first-order valence-electron chi connectivity index (χ1n) is 6.76. The number of nitrogens with zero attached hydrogens (tertiary/aromatic N) is 2. The third-order valence-corrected chi connectivity index (χ3v) is 4.10. The highest BCUT2D eigenvalue weighted by Gasteiger charge is 2.16. The van der Waals surface area contributed by atoms with Crippen molar-refractivity contribution in [2.24, 2.45) is 0 Å². The lowest BCUT2D eigenvalue weighted by atomic mass is 9.91. The number of hydrogen-bond acceptors (Lipinski definition) is 1. The van der Waals surface area contributed by atoms with Crippen molar-refractivity contribution in [1.82, 2.24) is 9.38 Å². The number of rotatable bonds is 1. The van der Waals surface area contributed by atoms with Gasteiger partial charge in [-0.1, -0.05) is 36.4 Å². The van der Waals surface area contributed by atoms with Gasteiger partial charge in [-0.15, -0.1) is 0 Å². The molecule has 0 spiro atoms. The van der Waals surface area contributed by atoms with Crippen LogP contribution in [-0.2, 0) is 6.42 Å². The van der Waals surface area contributed by atoms with Crippen molar-refractivity contribution in [1.29, 1.82) is 0 Å². The van der Waals surface area contributed by atoms with E-state index in [1.165, 1.54) is 16.7 Å². The zero-order chi connectivity index (χ0) is 13.5. The van der Waals surface area contributed by atoms with E-state index in [2.05, 4.69) is 41.4 Å². The van der Waals surface area contributed by atoms with Crippen LogP contribution in [0.15, 0.2) is 48.7 Å². The first-order chi connectivity index (χ1) is 9.84. The molecule has 1 aliphatic rings. The third kappa shape index (κ3) is 1.69. The van der Waals surface area contributed by atoms with Gasteiger partial charge < -0.3 is 0 Å². The van der Waals surface area contributed by atoms with Crippen molar-refractivity contribution < 1.29 is 0 Å². The molecule has 3 heteroatoms. The second-order valence-electron chi connectivity index (χ2n) is 5.00. The fraction of sp³-hybridized carbons (Fsp3) is 0.118. The normalized spacial score (nSPS) is 13.7. The molecule has 0 bridgehead atoms. The molecule has 3 aromatic rings. The summed E-state index contributed by atoms with van der Waals surface area (Å²) in [6.45, 7) is 0. The summed E-state index contributed by atoms with van der Waals surface area (Å²) >= 11 is 6.25. The van der Waals surface area contributed by atoms with Gasteiger partial charge in [0.2, 0.25) is 5.28 Å². The third-order valence-electron chi connectivity index (χ3n) is 3.83. The van der Waals surface area contributed by atoms with Crippen LogP contribution in [0.4, 0.5) is 0 Å². The van der Waals surface area contributed by atoms with Crippen molar-refractivity contribution in [3.8, 4) is 11.3 Å². The molecule has 0 aliphatic heterocycles. The minimum Gasteiger partial charge on any atom is -0.290 e. The highest BCUT2D eigenvalue weighted by atomic mass is 35.5. The number of hydrogen-bond donors (Lipinski definition) is 0. The van der Waals surface area contributed by atoms with E-state index in [4.69, 9.17) is 11.6 Å². The summed E-state index contributed by atoms with van der Waals surface area (Å²) in [7, 11) is 0. The number of allylic oxidation sites excluding steroid dienone is 1. The van der Waals surface area contributed by atoms with Crippen LogP contribution in [0.1, 0.15) is 17.5 Å². The van der Waals surface area contributed by atoms with Gasteiger partial charge in [-0.05, 0) is 47.7 Å². The van der Waals surface area contributed by atoms with E-state index in [-0.39, 0.29) is 0 Å². The van der Waals surface area contributed by atoms with E-state index in [0.717, 1.165) is 24.1 Å². The number of benzene rings is 1. The average Bonchev–Trinajstić information content (AvgIpc) is 2.84. The van der Waals surface area contributed by atoms with Crippen LogP contribution in [0.5, 0.6) is 0 Å². The van der Waals surface area contributed by atoms with E-state index in [1.807, 2.05) is 22.7 Å². The molecular formula is C17H13ClN2. The maximum atomic E-state index is 6.25. The van der Waals surface area contributed by atoms with Crippen LogP contribution < -0.4 is 0 Å². The standard InChI is InChI=1S/C17H13ClN2/c18-17-19-16(15-10-3-4-11-20(15)17)14-9-5-7-12-6-1-2-8-13(12)14/h1,3-7,9-11H,2,8H2. The number of fused-ring (bicyclic) bond motifs is 2. The fourth-order valence-electron chi connectivity index (χ4n) is 2.90. The molecular weight excluding hydrogens is 268 g/mol. The second-order valence-corrected chi connectivity index (χ2v) is 5.34. The van der Waals surface area contributed by atoms with Crippen molar-refractivity contribution in [3.63, 3.8) is 0 Å². The largest absolute Gasteiger partial charge is 0.290 e. The zero-order valence-electron chi connectivity index (χ0n) is 10.9. The maximum absolute atomic E-state index is 6.25. The van der Waals surface area contributed by atoms with Gasteiger partial charge in [-0.3, -0.25) is 4.40 Å². The average molecular weight is 281 g/mol. The first kappa shape index (κ1) is 11.7. The quantitative estimate of drug-likeness (QED) is 0.636. The van der Waals surface area contributed by atoms with Crippen molar-refractivity contribution >= 4 is 23.2 Å². The molecule has 0 saturated carbocycles. The predicted octanol–water partition coefficient (Wildman–Crippen LogP) is 4.61. The van der Waals surface area contributed by atoms with Crippen LogP contribution in [0.25, 0.3) is 22.9 Å². The Balaban J connectivity index is 2.03. The molecule has 1 aromatic carbocycles. The molecule has 0 amide bonds. The predicted molar refractivity (Wildman–Crippen MR) is 83.0 cm³/mol. The minimum atomic E-state index is 0.513. The van der Waals surface area contributed by atoms with Gasteiger partial charge >= 0.3 is 0 Å². The molecule has 2 heterocycles. The molecule has 0 radical (unpaired) electrons. The lowest BCUT2D eigenvalue weighted by molar-refractivity contribution is 0.987. The van der Waals surface area contributed by atoms with Gasteiger partial charge in [-0.25, -0.2) is 4.98 Å². The molecule has 0 atom stereocenters.